The van der Waals surface area contributed by atoms with Crippen LogP contribution in [0, 0.1) is 0 Å². The number of nitrogens with zero attached hydrogens (tertiary/aromatic N) is 2. The van der Waals surface area contributed by atoms with Crippen molar-refractivity contribution in [1.29, 1.82) is 0 Å². The molecule has 0 aromatic carbocycles. The van der Waals surface area contributed by atoms with E-state index >= 15 is 0 Å². The van der Waals surface area contributed by atoms with Gasteiger partial charge in [-0.2, -0.15) is 5.10 Å². The Morgan fingerprint density at radius 1 is 1.70 bits per heavy atom. The summed E-state index contributed by atoms with van der Waals surface area (Å²) in [4.78, 5) is 3.56. The first-order valence-electron chi connectivity index (χ1n) is 2.32. The fourth-order valence-electron chi connectivity index (χ4n) is 0.167. The highest BCUT2D eigenvalue weighted by molar-refractivity contribution is 7.80. The summed E-state index contributed by atoms with van der Waals surface area (Å²) in [7, 11) is 0. The van der Waals surface area contributed by atoms with Gasteiger partial charge in [0.15, 0.2) is 5.11 Å². The van der Waals surface area contributed by atoms with Gasteiger partial charge >= 0.3 is 0 Å². The van der Waals surface area contributed by atoms with E-state index in [4.69, 9.17) is 5.73 Å². The van der Waals surface area contributed by atoms with E-state index in [0.717, 1.165) is 0 Å². The fraction of sp³-hybridized carbons (Fsp3) is 0. The summed E-state index contributed by atoms with van der Waals surface area (Å²) in [6.07, 6.45) is 2.96. The Labute approximate surface area is 63.0 Å². The summed E-state index contributed by atoms with van der Waals surface area (Å²) in [6.45, 7) is 0. The minimum Gasteiger partial charge on any atom is -0.375 e. The highest BCUT2D eigenvalue weighted by Gasteiger charge is 1.66. The molecule has 7 heteroatoms. The first-order valence-corrected chi connectivity index (χ1v) is 2.73. The van der Waals surface area contributed by atoms with Crippen LogP contribution < -0.4 is 17.0 Å². The van der Waals surface area contributed by atoms with Crippen LogP contribution in [0.3, 0.4) is 0 Å². The number of aromatic nitrogens is 3. The summed E-state index contributed by atoms with van der Waals surface area (Å²) in [5, 5.41) is 6.10. The first-order chi connectivity index (χ1) is 4.77. The van der Waals surface area contributed by atoms with Gasteiger partial charge in [-0.15, -0.1) is 0 Å². The quantitative estimate of drug-likeness (QED) is 0.209. The van der Waals surface area contributed by atoms with Gasteiger partial charge in [-0.25, -0.2) is 10.8 Å². The van der Waals surface area contributed by atoms with Gasteiger partial charge in [-0.1, -0.05) is 0 Å². The molecule has 0 saturated carbocycles. The number of nitrogens with two attached hydrogens (primary N) is 2. The molecule has 1 aromatic heterocycles. The number of hydrogen-bond acceptors (Lipinski definition) is 4. The zero-order chi connectivity index (χ0) is 7.82. The predicted molar refractivity (Wildman–Crippen MR) is 40.5 cm³/mol. The van der Waals surface area contributed by atoms with Crippen LogP contribution >= 0.6 is 12.2 Å². The number of thiocarbonyl (C=S) groups is 1. The van der Waals surface area contributed by atoms with E-state index in [1.165, 1.54) is 12.7 Å². The van der Waals surface area contributed by atoms with Gasteiger partial charge in [-0.05, 0) is 12.2 Å². The molecule has 0 aliphatic rings. The fourth-order valence-corrected chi connectivity index (χ4v) is 0.167. The largest absolute Gasteiger partial charge is 0.375 e. The monoisotopic (exact) mass is 160 g/mol. The van der Waals surface area contributed by atoms with Gasteiger partial charge < -0.3 is 11.2 Å². The van der Waals surface area contributed by atoms with Crippen molar-refractivity contribution in [3.05, 3.63) is 12.7 Å². The minimum absolute atomic E-state index is 0.116. The van der Waals surface area contributed by atoms with Crippen molar-refractivity contribution in [2.24, 2.45) is 11.6 Å². The van der Waals surface area contributed by atoms with E-state index < -0.39 is 0 Å². The topological polar surface area (TPSA) is 106 Å². The second kappa shape index (κ2) is 5.92. The van der Waals surface area contributed by atoms with Crippen molar-refractivity contribution in [1.82, 2.24) is 20.6 Å². The second-order valence-electron chi connectivity index (χ2n) is 1.16. The molecule has 0 amide bonds. The van der Waals surface area contributed by atoms with Gasteiger partial charge in [-0.3, -0.25) is 5.10 Å². The summed E-state index contributed by atoms with van der Waals surface area (Å²) in [6, 6.07) is 0. The first kappa shape index (κ1) is 8.79. The molecule has 1 heterocycles. The smallest absolute Gasteiger partial charge is 0.177 e. The van der Waals surface area contributed by atoms with E-state index in [2.05, 4.69) is 33.2 Å². The average Bonchev–Trinajstić information content (AvgIpc) is 2.43. The van der Waals surface area contributed by atoms with E-state index in [-0.39, 0.29) is 5.11 Å². The van der Waals surface area contributed by atoms with E-state index in [1.807, 2.05) is 5.43 Å². The molecular formula is C3H8N6S. The Hall–Kier alpha value is -1.21. The third-order valence-corrected chi connectivity index (χ3v) is 0.591. The van der Waals surface area contributed by atoms with Gasteiger partial charge in [0.2, 0.25) is 0 Å². The lowest BCUT2D eigenvalue weighted by atomic mass is 11.2. The molecule has 0 fully saturated rings. The zero-order valence-electron chi connectivity index (χ0n) is 5.11. The van der Waals surface area contributed by atoms with Crippen LogP contribution in [0.2, 0.25) is 0 Å². The van der Waals surface area contributed by atoms with Crippen molar-refractivity contribution in [3.63, 3.8) is 0 Å². The van der Waals surface area contributed by atoms with Crippen molar-refractivity contribution in [2.75, 3.05) is 0 Å². The summed E-state index contributed by atoms with van der Waals surface area (Å²) >= 11 is 4.24. The number of rotatable bonds is 0. The molecule has 0 aliphatic carbocycles. The highest BCUT2D eigenvalue weighted by Crippen LogP contribution is 1.53. The van der Waals surface area contributed by atoms with Crippen LogP contribution in [0.4, 0.5) is 0 Å². The SMILES string of the molecule is NNC(N)=S.c1nc[nH]n1. The molecule has 1 aromatic rings. The molecular weight excluding hydrogens is 152 g/mol. The maximum atomic E-state index is 4.79. The third kappa shape index (κ3) is 6.79. The van der Waals surface area contributed by atoms with Gasteiger partial charge in [0.05, 0.1) is 0 Å². The van der Waals surface area contributed by atoms with E-state index in [9.17, 15) is 0 Å². The highest BCUT2D eigenvalue weighted by atomic mass is 32.1. The Kier molecular flexibility index (Phi) is 5.20. The second-order valence-corrected chi connectivity index (χ2v) is 1.60. The molecule has 1 rings (SSSR count). The van der Waals surface area contributed by atoms with Crippen molar-refractivity contribution >= 4 is 17.3 Å². The zero-order valence-corrected chi connectivity index (χ0v) is 5.93. The van der Waals surface area contributed by atoms with Crippen LogP contribution in [-0.4, -0.2) is 20.3 Å². The molecule has 0 radical (unpaired) electrons. The molecule has 0 saturated heterocycles. The van der Waals surface area contributed by atoms with Crippen molar-refractivity contribution in [3.8, 4) is 0 Å². The van der Waals surface area contributed by atoms with Crippen LogP contribution in [0.5, 0.6) is 0 Å². The standard InChI is InChI=1S/C2H3N3.CH5N3S/c1-3-2-5-4-1;2-1(5)4-3/h1-2H,(H,3,4,5);3H2,(H3,2,4,5). The molecule has 0 unspecified atom stereocenters. The average molecular weight is 160 g/mol. The molecule has 56 valence electrons. The third-order valence-electron chi connectivity index (χ3n) is 0.473. The minimum atomic E-state index is 0.116. The van der Waals surface area contributed by atoms with Crippen molar-refractivity contribution < 1.29 is 0 Å². The molecule has 0 spiro atoms. The van der Waals surface area contributed by atoms with Gasteiger partial charge in [0, 0.05) is 0 Å². The maximum Gasteiger partial charge on any atom is 0.177 e. The Bertz CT molecular complexity index is 142. The summed E-state index contributed by atoms with van der Waals surface area (Å²) < 4.78 is 0. The summed E-state index contributed by atoms with van der Waals surface area (Å²) in [5.41, 5.74) is 6.82. The number of H-pyrrole nitrogens is 1. The number of nitrogens with one attached hydrogen (secondary N) is 2. The maximum absolute atomic E-state index is 4.79. The lowest BCUT2D eigenvalue weighted by Crippen LogP contribution is -2.34. The van der Waals surface area contributed by atoms with Crippen LogP contribution in [0.15, 0.2) is 12.7 Å². The van der Waals surface area contributed by atoms with Gasteiger partial charge in [0.1, 0.15) is 12.7 Å². The van der Waals surface area contributed by atoms with Crippen molar-refractivity contribution in [2.45, 2.75) is 0 Å². The predicted octanol–water partition coefficient (Wildman–Crippen LogP) is -1.50. The normalized spacial score (nSPS) is 7.30. The number of aromatic amines is 1. The molecule has 6 N–H and O–H groups in total. The number of hydrogen-bond donors (Lipinski definition) is 4. The molecule has 6 nitrogen and oxygen atoms in total. The number of hydrazine groups is 1. The summed E-state index contributed by atoms with van der Waals surface area (Å²) in [5.74, 6) is 4.66. The lowest BCUT2D eigenvalue weighted by Gasteiger charge is -1.85. The van der Waals surface area contributed by atoms with Crippen LogP contribution in [0.1, 0.15) is 0 Å². The Morgan fingerprint density at radius 3 is 2.40 bits per heavy atom. The molecule has 10 heavy (non-hydrogen) atoms. The van der Waals surface area contributed by atoms with Crippen LogP contribution in [0.25, 0.3) is 0 Å². The Morgan fingerprint density at radius 2 is 2.30 bits per heavy atom. The Balaban J connectivity index is 0.000000162. The lowest BCUT2D eigenvalue weighted by molar-refractivity contribution is 1.03. The van der Waals surface area contributed by atoms with Gasteiger partial charge in [0.25, 0.3) is 0 Å². The molecule has 0 atom stereocenters. The molecule has 0 bridgehead atoms. The molecule has 0 aliphatic heterocycles. The van der Waals surface area contributed by atoms with E-state index in [1.54, 1.807) is 0 Å². The van der Waals surface area contributed by atoms with Crippen LogP contribution in [-0.2, 0) is 0 Å². The van der Waals surface area contributed by atoms with E-state index in [0.29, 0.717) is 0 Å².